The fourth-order valence-corrected chi connectivity index (χ4v) is 1.54. The topological polar surface area (TPSA) is 59.1 Å². The number of nitrogens with one attached hydrogen (secondary N) is 2. The van der Waals surface area contributed by atoms with Crippen LogP contribution in [-0.4, -0.2) is 36.3 Å². The molecule has 1 heterocycles. The molecule has 0 aliphatic rings. The summed E-state index contributed by atoms with van der Waals surface area (Å²) >= 11 is 0. The first kappa shape index (κ1) is 13.7. The van der Waals surface area contributed by atoms with E-state index >= 15 is 0 Å². The minimum Gasteiger partial charge on any atom is -0.383 e. The largest absolute Gasteiger partial charge is 0.383 e. The lowest BCUT2D eigenvalue weighted by Gasteiger charge is -2.16. The monoisotopic (exact) mass is 238 g/mol. The van der Waals surface area contributed by atoms with E-state index in [1.54, 1.807) is 13.4 Å². The summed E-state index contributed by atoms with van der Waals surface area (Å²) in [5.41, 5.74) is 1.05. The first-order valence-corrected chi connectivity index (χ1v) is 6.00. The third-order valence-corrected chi connectivity index (χ3v) is 2.43. The number of anilines is 2. The van der Waals surface area contributed by atoms with Crippen molar-refractivity contribution in [2.75, 3.05) is 30.9 Å². The van der Waals surface area contributed by atoms with Gasteiger partial charge in [0.2, 0.25) is 0 Å². The van der Waals surface area contributed by atoms with Crippen molar-refractivity contribution in [3.8, 4) is 0 Å². The highest BCUT2D eigenvalue weighted by atomic mass is 16.5. The van der Waals surface area contributed by atoms with Gasteiger partial charge < -0.3 is 15.4 Å². The van der Waals surface area contributed by atoms with Crippen molar-refractivity contribution in [3.63, 3.8) is 0 Å². The molecule has 0 aliphatic carbocycles. The Morgan fingerprint density at radius 1 is 1.35 bits per heavy atom. The summed E-state index contributed by atoms with van der Waals surface area (Å²) in [6, 6.07) is 0.229. The van der Waals surface area contributed by atoms with Crippen LogP contribution < -0.4 is 10.6 Å². The molecule has 0 saturated carbocycles. The van der Waals surface area contributed by atoms with Gasteiger partial charge in [-0.2, -0.15) is 0 Å². The number of methoxy groups -OCH3 is 1. The van der Waals surface area contributed by atoms with Gasteiger partial charge in [0.15, 0.2) is 0 Å². The van der Waals surface area contributed by atoms with Crippen LogP contribution in [0.4, 0.5) is 11.6 Å². The zero-order valence-electron chi connectivity index (χ0n) is 11.1. The molecule has 2 N–H and O–H groups in total. The maximum Gasteiger partial charge on any atom is 0.134 e. The van der Waals surface area contributed by atoms with E-state index in [1.807, 2.05) is 6.92 Å². The molecule has 0 amide bonds. The highest BCUT2D eigenvalue weighted by molar-refractivity contribution is 5.56. The number of hydrogen-bond donors (Lipinski definition) is 2. The summed E-state index contributed by atoms with van der Waals surface area (Å²) in [6.45, 7) is 7.78. The molecular formula is C12H22N4O. The summed E-state index contributed by atoms with van der Waals surface area (Å²) in [4.78, 5) is 8.49. The van der Waals surface area contributed by atoms with E-state index in [0.717, 1.165) is 30.2 Å². The van der Waals surface area contributed by atoms with Crippen LogP contribution >= 0.6 is 0 Å². The van der Waals surface area contributed by atoms with E-state index in [1.165, 1.54) is 0 Å². The lowest BCUT2D eigenvalue weighted by atomic mass is 10.2. The van der Waals surface area contributed by atoms with Crippen molar-refractivity contribution >= 4 is 11.6 Å². The molecule has 5 nitrogen and oxygen atoms in total. The molecule has 0 spiro atoms. The third kappa shape index (κ3) is 4.19. The van der Waals surface area contributed by atoms with Gasteiger partial charge in [-0.15, -0.1) is 0 Å². The van der Waals surface area contributed by atoms with Gasteiger partial charge in [-0.25, -0.2) is 9.97 Å². The molecule has 0 aromatic carbocycles. The Bertz CT molecular complexity index is 343. The van der Waals surface area contributed by atoms with Gasteiger partial charge in [-0.3, -0.25) is 0 Å². The van der Waals surface area contributed by atoms with Crippen LogP contribution in [0.1, 0.15) is 25.8 Å². The SMILES string of the molecule is CCCNc1ncnc(NC(C)COC)c1C. The van der Waals surface area contributed by atoms with Crippen LogP contribution in [0.5, 0.6) is 0 Å². The lowest BCUT2D eigenvalue weighted by molar-refractivity contribution is 0.190. The molecule has 0 radical (unpaired) electrons. The van der Waals surface area contributed by atoms with Gasteiger partial charge >= 0.3 is 0 Å². The van der Waals surface area contributed by atoms with Crippen molar-refractivity contribution in [2.24, 2.45) is 0 Å². The zero-order chi connectivity index (χ0) is 12.7. The predicted octanol–water partition coefficient (Wildman–Crippen LogP) is 2.05. The second-order valence-corrected chi connectivity index (χ2v) is 4.12. The molecule has 0 aliphatic heterocycles. The molecule has 17 heavy (non-hydrogen) atoms. The van der Waals surface area contributed by atoms with Crippen LogP contribution in [-0.2, 0) is 4.74 Å². The van der Waals surface area contributed by atoms with Gasteiger partial charge in [-0.1, -0.05) is 6.92 Å². The van der Waals surface area contributed by atoms with Crippen LogP contribution in [0.3, 0.4) is 0 Å². The Balaban J connectivity index is 2.72. The Hall–Kier alpha value is -1.36. The molecule has 0 fully saturated rings. The quantitative estimate of drug-likeness (QED) is 0.761. The molecular weight excluding hydrogens is 216 g/mol. The second kappa shape index (κ2) is 7.06. The predicted molar refractivity (Wildman–Crippen MR) is 70.5 cm³/mol. The lowest BCUT2D eigenvalue weighted by Crippen LogP contribution is -2.22. The smallest absolute Gasteiger partial charge is 0.134 e. The first-order chi connectivity index (χ1) is 8.19. The molecule has 1 unspecified atom stereocenters. The maximum atomic E-state index is 5.09. The Labute approximate surface area is 103 Å². The van der Waals surface area contributed by atoms with E-state index in [2.05, 4.69) is 34.4 Å². The summed E-state index contributed by atoms with van der Waals surface area (Å²) < 4.78 is 5.09. The molecule has 96 valence electrons. The van der Waals surface area contributed by atoms with Crippen LogP contribution in [0, 0.1) is 6.92 Å². The minimum absolute atomic E-state index is 0.229. The van der Waals surface area contributed by atoms with E-state index in [0.29, 0.717) is 6.61 Å². The standard InChI is InChI=1S/C12H22N4O/c1-5-6-13-11-10(3)12(15-8-14-11)16-9(2)7-17-4/h8-9H,5-7H2,1-4H3,(H2,13,14,15,16). The van der Waals surface area contributed by atoms with Crippen molar-refractivity contribution in [1.29, 1.82) is 0 Å². The van der Waals surface area contributed by atoms with Crippen molar-refractivity contribution in [2.45, 2.75) is 33.2 Å². The van der Waals surface area contributed by atoms with Crippen LogP contribution in [0.25, 0.3) is 0 Å². The van der Waals surface area contributed by atoms with E-state index in [-0.39, 0.29) is 6.04 Å². The summed E-state index contributed by atoms with van der Waals surface area (Å²) in [6.07, 6.45) is 2.65. The Morgan fingerprint density at radius 3 is 2.71 bits per heavy atom. The second-order valence-electron chi connectivity index (χ2n) is 4.12. The van der Waals surface area contributed by atoms with Crippen LogP contribution in [0.15, 0.2) is 6.33 Å². The number of ether oxygens (including phenoxy) is 1. The molecule has 1 aromatic rings. The first-order valence-electron chi connectivity index (χ1n) is 6.00. The van der Waals surface area contributed by atoms with Gasteiger partial charge in [0, 0.05) is 25.3 Å². The van der Waals surface area contributed by atoms with E-state index < -0.39 is 0 Å². The van der Waals surface area contributed by atoms with Crippen molar-refractivity contribution < 1.29 is 4.74 Å². The molecule has 1 rings (SSSR count). The average molecular weight is 238 g/mol. The molecule has 0 saturated heterocycles. The summed E-state index contributed by atoms with van der Waals surface area (Å²) in [5, 5.41) is 6.60. The van der Waals surface area contributed by atoms with Gasteiger partial charge in [0.05, 0.1) is 6.61 Å². The van der Waals surface area contributed by atoms with Crippen molar-refractivity contribution in [1.82, 2.24) is 9.97 Å². The fourth-order valence-electron chi connectivity index (χ4n) is 1.54. The molecule has 0 bridgehead atoms. The van der Waals surface area contributed by atoms with E-state index in [4.69, 9.17) is 4.74 Å². The van der Waals surface area contributed by atoms with Gasteiger partial charge in [0.25, 0.3) is 0 Å². The average Bonchev–Trinajstić information content (AvgIpc) is 2.30. The van der Waals surface area contributed by atoms with Gasteiger partial charge in [0.1, 0.15) is 18.0 Å². The number of rotatable bonds is 7. The zero-order valence-corrected chi connectivity index (χ0v) is 11.1. The highest BCUT2D eigenvalue weighted by Gasteiger charge is 2.08. The molecule has 1 aromatic heterocycles. The molecule has 5 heteroatoms. The van der Waals surface area contributed by atoms with Crippen molar-refractivity contribution in [3.05, 3.63) is 11.9 Å². The Morgan fingerprint density at radius 2 is 2.06 bits per heavy atom. The molecule has 1 atom stereocenters. The fraction of sp³-hybridized carbons (Fsp3) is 0.667. The minimum atomic E-state index is 0.229. The number of hydrogen-bond acceptors (Lipinski definition) is 5. The van der Waals surface area contributed by atoms with E-state index in [9.17, 15) is 0 Å². The summed E-state index contributed by atoms with van der Waals surface area (Å²) in [5.74, 6) is 1.76. The number of nitrogens with zero attached hydrogens (tertiary/aromatic N) is 2. The normalized spacial score (nSPS) is 12.2. The third-order valence-electron chi connectivity index (χ3n) is 2.43. The number of aromatic nitrogens is 2. The van der Waals surface area contributed by atoms with Crippen LogP contribution in [0.2, 0.25) is 0 Å². The highest BCUT2D eigenvalue weighted by Crippen LogP contribution is 2.18. The summed E-state index contributed by atoms with van der Waals surface area (Å²) in [7, 11) is 1.69. The Kier molecular flexibility index (Phi) is 5.69. The maximum absolute atomic E-state index is 5.09. The van der Waals surface area contributed by atoms with Gasteiger partial charge in [-0.05, 0) is 20.3 Å².